The maximum absolute atomic E-state index is 12.1. The molecule has 1 aliphatic heterocycles. The van der Waals surface area contributed by atoms with Crippen LogP contribution in [0.25, 0.3) is 16.7 Å². The van der Waals surface area contributed by atoms with E-state index < -0.39 is 0 Å². The lowest BCUT2D eigenvalue weighted by Crippen LogP contribution is -2.42. The first kappa shape index (κ1) is 14.2. The number of carbonyl (C=O) groups is 1. The van der Waals surface area contributed by atoms with Crippen LogP contribution in [0.5, 0.6) is 0 Å². The van der Waals surface area contributed by atoms with Gasteiger partial charge in [-0.3, -0.25) is 9.20 Å². The number of imidazole rings is 1. The average Bonchev–Trinajstić information content (AvgIpc) is 3.20. The first-order valence-electron chi connectivity index (χ1n) is 8.26. The molecule has 1 N–H and O–H groups in total. The maximum Gasteiger partial charge on any atom is 0.222 e. The molecule has 0 unspecified atom stereocenters. The van der Waals surface area contributed by atoms with E-state index in [4.69, 9.17) is 0 Å². The van der Waals surface area contributed by atoms with Crippen LogP contribution in [0.4, 0.5) is 0 Å². The minimum Gasteiger partial charge on any atom is -0.345 e. The molecule has 1 saturated heterocycles. The third-order valence-electron chi connectivity index (χ3n) is 5.03. The van der Waals surface area contributed by atoms with Crippen LogP contribution < -0.4 is 0 Å². The van der Waals surface area contributed by atoms with Gasteiger partial charge in [-0.2, -0.15) is 0 Å². The number of amides is 1. The number of nitrogens with zero attached hydrogens (tertiary/aromatic N) is 4. The number of fused-ring (bicyclic) bond motifs is 3. The molecule has 2 atom stereocenters. The van der Waals surface area contributed by atoms with Gasteiger partial charge < -0.3 is 9.88 Å². The minimum absolute atomic E-state index is 0. The average molecular weight is 313 g/mol. The molecule has 0 spiro atoms. The van der Waals surface area contributed by atoms with Crippen molar-refractivity contribution in [1.29, 1.82) is 0 Å². The summed E-state index contributed by atoms with van der Waals surface area (Å²) < 4.78 is 2.18. The van der Waals surface area contributed by atoms with E-state index in [1.165, 1.54) is 0 Å². The summed E-state index contributed by atoms with van der Waals surface area (Å²) in [6.07, 6.45) is 7.21. The van der Waals surface area contributed by atoms with Gasteiger partial charge in [-0.05, 0) is 18.4 Å². The summed E-state index contributed by atoms with van der Waals surface area (Å²) in [6, 6.07) is 2.03. The van der Waals surface area contributed by atoms with Gasteiger partial charge in [-0.25, -0.2) is 9.97 Å². The first-order chi connectivity index (χ1) is 11.2. The van der Waals surface area contributed by atoms with Gasteiger partial charge >= 0.3 is 0 Å². The van der Waals surface area contributed by atoms with Gasteiger partial charge in [0.15, 0.2) is 5.65 Å². The maximum atomic E-state index is 12.1. The summed E-state index contributed by atoms with van der Waals surface area (Å²) >= 11 is 0. The molecule has 0 bridgehead atoms. The van der Waals surface area contributed by atoms with Crippen LogP contribution in [0.3, 0.4) is 0 Å². The second-order valence-corrected chi connectivity index (χ2v) is 6.41. The van der Waals surface area contributed by atoms with Gasteiger partial charge in [0, 0.05) is 33.1 Å². The number of carbonyl (C=O) groups excluding carboxylic acids is 1. The van der Waals surface area contributed by atoms with Crippen LogP contribution in [-0.2, 0) is 4.79 Å². The summed E-state index contributed by atoms with van der Waals surface area (Å²) in [4.78, 5) is 26.4. The fourth-order valence-electron chi connectivity index (χ4n) is 3.62. The standard InChI is InChI=1S/C17H21N5O.H2/c1-3-15(23)21-7-5-11(2)13(10-21)17-20-9-12-8-19-16-14(22(12)17)4-6-18-16;/h4,6,8-9,11,13,18H,3,5,7,10H2,1-2H3;1H/t11-,13+;/m0./s1. The van der Waals surface area contributed by atoms with Crippen LogP contribution in [-0.4, -0.2) is 43.2 Å². The molecule has 3 aromatic heterocycles. The van der Waals surface area contributed by atoms with Crippen LogP contribution in [0.2, 0.25) is 0 Å². The number of hydrogen-bond donors (Lipinski definition) is 1. The Morgan fingerprint density at radius 3 is 3.09 bits per heavy atom. The van der Waals surface area contributed by atoms with Gasteiger partial charge in [0.25, 0.3) is 0 Å². The monoisotopic (exact) mass is 313 g/mol. The molecule has 0 radical (unpaired) electrons. The Bertz CT molecular complexity index is 870. The number of likely N-dealkylation sites (tertiary alicyclic amines) is 1. The number of aromatic nitrogens is 4. The van der Waals surface area contributed by atoms with E-state index >= 15 is 0 Å². The molecular weight excluding hydrogens is 290 g/mol. The van der Waals surface area contributed by atoms with Crippen molar-refractivity contribution in [2.75, 3.05) is 13.1 Å². The Kier molecular flexibility index (Phi) is 3.32. The molecule has 4 heterocycles. The molecule has 122 valence electrons. The Labute approximate surface area is 136 Å². The number of aromatic amines is 1. The smallest absolute Gasteiger partial charge is 0.222 e. The van der Waals surface area contributed by atoms with Crippen LogP contribution >= 0.6 is 0 Å². The zero-order chi connectivity index (χ0) is 16.0. The van der Waals surface area contributed by atoms with Gasteiger partial charge in [-0.1, -0.05) is 13.8 Å². The summed E-state index contributed by atoms with van der Waals surface area (Å²) in [5.41, 5.74) is 2.90. The van der Waals surface area contributed by atoms with E-state index in [0.29, 0.717) is 12.3 Å². The van der Waals surface area contributed by atoms with E-state index in [0.717, 1.165) is 42.0 Å². The molecule has 0 saturated carbocycles. The Balaban J connectivity index is 0.00000169. The molecule has 1 fully saturated rings. The molecule has 0 aliphatic carbocycles. The topological polar surface area (TPSA) is 66.3 Å². The highest BCUT2D eigenvalue weighted by Crippen LogP contribution is 2.33. The number of piperidine rings is 1. The molecule has 23 heavy (non-hydrogen) atoms. The van der Waals surface area contributed by atoms with Crippen LogP contribution in [0.1, 0.15) is 39.9 Å². The molecular formula is C17H23N5O. The van der Waals surface area contributed by atoms with Gasteiger partial charge in [0.05, 0.1) is 23.4 Å². The molecule has 1 aliphatic rings. The fraction of sp³-hybridized carbons (Fsp3) is 0.471. The number of hydrogen-bond acceptors (Lipinski definition) is 3. The summed E-state index contributed by atoms with van der Waals surface area (Å²) in [5.74, 6) is 2.02. The Morgan fingerprint density at radius 1 is 1.43 bits per heavy atom. The Hall–Kier alpha value is -2.37. The molecule has 6 nitrogen and oxygen atoms in total. The largest absolute Gasteiger partial charge is 0.345 e. The van der Waals surface area contributed by atoms with Gasteiger partial charge in [-0.15, -0.1) is 0 Å². The third-order valence-corrected chi connectivity index (χ3v) is 5.03. The highest BCUT2D eigenvalue weighted by molar-refractivity contribution is 5.76. The van der Waals surface area contributed by atoms with Crippen molar-refractivity contribution in [3.8, 4) is 0 Å². The zero-order valence-corrected chi connectivity index (χ0v) is 13.5. The molecule has 3 aromatic rings. The normalized spacial score (nSPS) is 22.1. The molecule has 1 amide bonds. The predicted molar refractivity (Wildman–Crippen MR) is 90.4 cm³/mol. The summed E-state index contributed by atoms with van der Waals surface area (Å²) in [6.45, 7) is 5.79. The van der Waals surface area contributed by atoms with E-state index in [2.05, 4.69) is 26.3 Å². The van der Waals surface area contributed by atoms with E-state index in [9.17, 15) is 4.79 Å². The second kappa shape index (κ2) is 5.37. The SMILES string of the molecule is CCC(=O)N1CC[C@H](C)[C@H](c2ncc3cnc4[nH]ccc4n23)C1.[HH]. The van der Waals surface area contributed by atoms with Gasteiger partial charge in [0.1, 0.15) is 5.82 Å². The van der Waals surface area contributed by atoms with Crippen LogP contribution in [0, 0.1) is 5.92 Å². The van der Waals surface area contributed by atoms with Crippen molar-refractivity contribution in [3.63, 3.8) is 0 Å². The summed E-state index contributed by atoms with van der Waals surface area (Å²) in [7, 11) is 0. The first-order valence-corrected chi connectivity index (χ1v) is 8.26. The third kappa shape index (κ3) is 2.20. The molecule has 6 heteroatoms. The van der Waals surface area contributed by atoms with Crippen molar-refractivity contribution in [3.05, 3.63) is 30.5 Å². The Morgan fingerprint density at radius 2 is 2.26 bits per heavy atom. The van der Waals surface area contributed by atoms with E-state index in [1.54, 1.807) is 0 Å². The summed E-state index contributed by atoms with van der Waals surface area (Å²) in [5, 5.41) is 0. The zero-order valence-electron chi connectivity index (χ0n) is 13.5. The number of H-pyrrole nitrogens is 1. The number of rotatable bonds is 2. The molecule has 0 aromatic carbocycles. The van der Waals surface area contributed by atoms with Crippen molar-refractivity contribution in [2.24, 2.45) is 5.92 Å². The minimum atomic E-state index is 0. The van der Waals surface area contributed by atoms with Crippen LogP contribution in [0.15, 0.2) is 24.7 Å². The van der Waals surface area contributed by atoms with Crippen molar-refractivity contribution >= 4 is 22.6 Å². The fourth-order valence-corrected chi connectivity index (χ4v) is 3.62. The van der Waals surface area contributed by atoms with E-state index in [-0.39, 0.29) is 13.3 Å². The lowest BCUT2D eigenvalue weighted by molar-refractivity contribution is -0.132. The predicted octanol–water partition coefficient (Wildman–Crippen LogP) is 2.82. The lowest BCUT2D eigenvalue weighted by atomic mass is 9.86. The lowest BCUT2D eigenvalue weighted by Gasteiger charge is -2.36. The number of nitrogens with one attached hydrogen (secondary N) is 1. The molecule has 4 rings (SSSR count). The van der Waals surface area contributed by atoms with Crippen molar-refractivity contribution in [1.82, 2.24) is 24.3 Å². The second-order valence-electron chi connectivity index (χ2n) is 6.41. The quantitative estimate of drug-likeness (QED) is 0.791. The van der Waals surface area contributed by atoms with E-state index in [1.807, 2.05) is 36.5 Å². The highest BCUT2D eigenvalue weighted by atomic mass is 16.2. The highest BCUT2D eigenvalue weighted by Gasteiger charge is 2.32. The van der Waals surface area contributed by atoms with Crippen molar-refractivity contribution < 1.29 is 6.22 Å². The van der Waals surface area contributed by atoms with Gasteiger partial charge in [0.2, 0.25) is 5.91 Å². The van der Waals surface area contributed by atoms with Crippen molar-refractivity contribution in [2.45, 2.75) is 32.6 Å².